The molecule has 0 amide bonds. The number of benzene rings is 1. The molecule has 0 radical (unpaired) electrons. The Bertz CT molecular complexity index is 568. The molecular weight excluding hydrogens is 274 g/mol. The molecule has 1 heterocycles. The van der Waals surface area contributed by atoms with Crippen LogP contribution in [0.4, 0.5) is 5.69 Å². The molecule has 0 bridgehead atoms. The number of aromatic amines is 1. The predicted octanol–water partition coefficient (Wildman–Crippen LogP) is 1.11. The van der Waals surface area contributed by atoms with Gasteiger partial charge in [0, 0.05) is 31.1 Å². The zero-order valence-corrected chi connectivity index (χ0v) is 11.3. The molecule has 0 saturated heterocycles. The van der Waals surface area contributed by atoms with Crippen LogP contribution in [0.5, 0.6) is 0 Å². The molecule has 0 spiro atoms. The summed E-state index contributed by atoms with van der Waals surface area (Å²) in [6.07, 6.45) is 2.66. The summed E-state index contributed by atoms with van der Waals surface area (Å²) in [5.41, 5.74) is 1.48. The fourth-order valence-corrected chi connectivity index (χ4v) is 2.02. The lowest BCUT2D eigenvalue weighted by Crippen LogP contribution is -2.37. The summed E-state index contributed by atoms with van der Waals surface area (Å²) in [7, 11) is 0. The number of aromatic nitrogens is 1. The summed E-state index contributed by atoms with van der Waals surface area (Å²) in [6, 6.07) is 6.98. The minimum atomic E-state index is -0.949. The Morgan fingerprint density at radius 2 is 2.00 bits per heavy atom. The van der Waals surface area contributed by atoms with Gasteiger partial charge in [-0.3, -0.25) is 10.1 Å². The van der Waals surface area contributed by atoms with Crippen LogP contribution in [0.25, 0.3) is 0 Å². The van der Waals surface area contributed by atoms with Gasteiger partial charge in [-0.2, -0.15) is 0 Å². The summed E-state index contributed by atoms with van der Waals surface area (Å²) in [5, 5.41) is 33.3. The van der Waals surface area contributed by atoms with Crippen molar-refractivity contribution in [2.24, 2.45) is 0 Å². The molecule has 2 atom stereocenters. The molecule has 112 valence electrons. The van der Waals surface area contributed by atoms with Gasteiger partial charge in [0.1, 0.15) is 0 Å². The quantitative estimate of drug-likeness (QED) is 0.451. The second kappa shape index (κ2) is 6.98. The van der Waals surface area contributed by atoms with Gasteiger partial charge in [-0.05, 0) is 29.3 Å². The Hall–Kier alpha value is -2.22. The molecule has 0 aliphatic heterocycles. The lowest BCUT2D eigenvalue weighted by Gasteiger charge is -2.22. The Kier molecular flexibility index (Phi) is 5.04. The molecule has 0 aliphatic carbocycles. The molecule has 0 saturated carbocycles. The van der Waals surface area contributed by atoms with Gasteiger partial charge in [-0.15, -0.1) is 0 Å². The zero-order valence-electron chi connectivity index (χ0n) is 11.3. The van der Waals surface area contributed by atoms with Gasteiger partial charge in [-0.1, -0.05) is 0 Å². The number of H-pyrrole nitrogens is 1. The number of non-ortho nitro benzene ring substituents is 1. The summed E-state index contributed by atoms with van der Waals surface area (Å²) >= 11 is 0. The number of aliphatic hydroxyl groups is 2. The predicted molar refractivity (Wildman–Crippen MR) is 76.6 cm³/mol. The maximum absolute atomic E-state index is 10.6. The molecule has 2 aromatic rings. The van der Waals surface area contributed by atoms with Crippen LogP contribution in [0.3, 0.4) is 0 Å². The van der Waals surface area contributed by atoms with Crippen LogP contribution >= 0.6 is 0 Å². The van der Waals surface area contributed by atoms with E-state index < -0.39 is 17.1 Å². The van der Waals surface area contributed by atoms with Gasteiger partial charge < -0.3 is 20.5 Å². The Balaban J connectivity index is 2.01. The van der Waals surface area contributed by atoms with Crippen molar-refractivity contribution in [3.05, 3.63) is 64.0 Å². The maximum Gasteiger partial charge on any atom is 0.269 e. The second-order valence-corrected chi connectivity index (χ2v) is 4.68. The maximum atomic E-state index is 10.6. The first-order valence-corrected chi connectivity index (χ1v) is 6.50. The van der Waals surface area contributed by atoms with E-state index >= 15 is 0 Å². The normalized spacial score (nSPS) is 13.8. The van der Waals surface area contributed by atoms with E-state index in [9.17, 15) is 20.3 Å². The van der Waals surface area contributed by atoms with E-state index in [1.807, 2.05) is 12.3 Å². The van der Waals surface area contributed by atoms with Crippen LogP contribution in [-0.2, 0) is 6.54 Å². The molecule has 2 unspecified atom stereocenters. The monoisotopic (exact) mass is 291 g/mol. The molecule has 1 aromatic carbocycles. The average molecular weight is 291 g/mol. The fourth-order valence-electron chi connectivity index (χ4n) is 2.02. The van der Waals surface area contributed by atoms with Gasteiger partial charge >= 0.3 is 0 Å². The van der Waals surface area contributed by atoms with Crippen LogP contribution in [0.15, 0.2) is 42.7 Å². The van der Waals surface area contributed by atoms with E-state index in [1.165, 1.54) is 24.3 Å². The molecule has 0 fully saturated rings. The molecule has 4 N–H and O–H groups in total. The van der Waals surface area contributed by atoms with E-state index in [1.54, 1.807) is 6.20 Å². The van der Waals surface area contributed by atoms with Gasteiger partial charge in [0.15, 0.2) is 0 Å². The Morgan fingerprint density at radius 1 is 1.29 bits per heavy atom. The lowest BCUT2D eigenvalue weighted by atomic mass is 10.0. The van der Waals surface area contributed by atoms with Gasteiger partial charge in [-0.25, -0.2) is 0 Å². The van der Waals surface area contributed by atoms with Crippen LogP contribution in [0, 0.1) is 10.1 Å². The fraction of sp³-hybridized carbons (Fsp3) is 0.286. The van der Waals surface area contributed by atoms with Crippen molar-refractivity contribution < 1.29 is 15.1 Å². The number of nitrogens with one attached hydrogen (secondary N) is 2. The molecular formula is C14H17N3O4. The second-order valence-electron chi connectivity index (χ2n) is 4.68. The Morgan fingerprint density at radius 3 is 2.52 bits per heavy atom. The van der Waals surface area contributed by atoms with Crippen LogP contribution in [0.2, 0.25) is 0 Å². The highest BCUT2D eigenvalue weighted by Gasteiger charge is 2.20. The number of nitrogens with zero attached hydrogens (tertiary/aromatic N) is 1. The SMILES string of the molecule is O=[N+]([O-])c1ccc(C(O)C(CO)NCc2cc[nH]c2)cc1. The highest BCUT2D eigenvalue weighted by Crippen LogP contribution is 2.20. The smallest absolute Gasteiger partial charge is 0.269 e. The van der Waals surface area contributed by atoms with Crippen LogP contribution in [0.1, 0.15) is 17.2 Å². The summed E-state index contributed by atoms with van der Waals surface area (Å²) < 4.78 is 0. The zero-order chi connectivity index (χ0) is 15.2. The number of nitro benzene ring substituents is 1. The highest BCUT2D eigenvalue weighted by atomic mass is 16.6. The van der Waals surface area contributed by atoms with Crippen LogP contribution in [-0.4, -0.2) is 32.8 Å². The third kappa shape index (κ3) is 3.88. The molecule has 1 aromatic heterocycles. The molecule has 7 heteroatoms. The first-order valence-electron chi connectivity index (χ1n) is 6.50. The van der Waals surface area contributed by atoms with Gasteiger partial charge in [0.25, 0.3) is 5.69 Å². The summed E-state index contributed by atoms with van der Waals surface area (Å²) in [4.78, 5) is 13.0. The number of hydrogen-bond donors (Lipinski definition) is 4. The minimum absolute atomic E-state index is 0.0354. The van der Waals surface area contributed by atoms with Crippen molar-refractivity contribution in [2.45, 2.75) is 18.7 Å². The topological polar surface area (TPSA) is 111 Å². The first kappa shape index (κ1) is 15.2. The van der Waals surface area contributed by atoms with E-state index in [0.29, 0.717) is 12.1 Å². The molecule has 2 rings (SSSR count). The van der Waals surface area contributed by atoms with Crippen molar-refractivity contribution in [3.63, 3.8) is 0 Å². The minimum Gasteiger partial charge on any atom is -0.395 e. The number of aliphatic hydroxyl groups excluding tert-OH is 2. The van der Waals surface area contributed by atoms with Crippen molar-refractivity contribution in [1.82, 2.24) is 10.3 Å². The number of nitro groups is 1. The Labute approximate surface area is 121 Å². The summed E-state index contributed by atoms with van der Waals surface area (Å²) in [5.74, 6) is 0. The van der Waals surface area contributed by atoms with E-state index in [4.69, 9.17) is 0 Å². The van der Waals surface area contributed by atoms with Crippen molar-refractivity contribution in [1.29, 1.82) is 0 Å². The van der Waals surface area contributed by atoms with Crippen molar-refractivity contribution in [2.75, 3.05) is 6.61 Å². The number of rotatable bonds is 7. The number of hydrogen-bond acceptors (Lipinski definition) is 5. The van der Waals surface area contributed by atoms with Gasteiger partial charge in [0.05, 0.1) is 23.7 Å². The van der Waals surface area contributed by atoms with Crippen molar-refractivity contribution in [3.8, 4) is 0 Å². The van der Waals surface area contributed by atoms with E-state index in [0.717, 1.165) is 5.56 Å². The lowest BCUT2D eigenvalue weighted by molar-refractivity contribution is -0.384. The highest BCUT2D eigenvalue weighted by molar-refractivity contribution is 5.34. The third-order valence-corrected chi connectivity index (χ3v) is 3.25. The average Bonchev–Trinajstić information content (AvgIpc) is 3.01. The summed E-state index contributed by atoms with van der Waals surface area (Å²) in [6.45, 7) is 0.251. The van der Waals surface area contributed by atoms with E-state index in [-0.39, 0.29) is 12.3 Å². The first-order chi connectivity index (χ1) is 10.1. The molecule has 7 nitrogen and oxygen atoms in total. The van der Waals surface area contributed by atoms with Gasteiger partial charge in [0.2, 0.25) is 0 Å². The molecule has 0 aliphatic rings. The van der Waals surface area contributed by atoms with E-state index in [2.05, 4.69) is 10.3 Å². The van der Waals surface area contributed by atoms with Crippen LogP contribution < -0.4 is 5.32 Å². The molecule has 21 heavy (non-hydrogen) atoms. The van der Waals surface area contributed by atoms with Crippen molar-refractivity contribution >= 4 is 5.69 Å². The third-order valence-electron chi connectivity index (χ3n) is 3.25. The largest absolute Gasteiger partial charge is 0.395 e. The standard InChI is InChI=1S/C14H17N3O4/c18-9-13(16-8-10-5-6-15-7-10)14(19)11-1-3-12(4-2-11)17(20)21/h1-7,13-16,18-19H,8-9H2.